The summed E-state index contributed by atoms with van der Waals surface area (Å²) in [5.41, 5.74) is -0.0140. The molecule has 1 aromatic rings. The molecule has 9 nitrogen and oxygen atoms in total. The molecular weight excluding hydrogens is 393 g/mol. The molecule has 10 heteroatoms. The highest BCUT2D eigenvalue weighted by Crippen LogP contribution is 2.46. The molecule has 1 heterocycles. The van der Waals surface area contributed by atoms with Crippen molar-refractivity contribution in [3.05, 3.63) is 34.4 Å². The normalized spacial score (nSPS) is 20.4. The maximum Gasteiger partial charge on any atom is 0.269 e. The molecule has 0 bridgehead atoms. The molecule has 0 radical (unpaired) electrons. The zero-order valence-electron chi connectivity index (χ0n) is 17.3. The van der Waals surface area contributed by atoms with Gasteiger partial charge in [-0.2, -0.15) is 0 Å². The maximum atomic E-state index is 13.7. The molecular formula is C19H34N5O4P. The van der Waals surface area contributed by atoms with E-state index in [1.54, 1.807) is 12.1 Å². The van der Waals surface area contributed by atoms with Gasteiger partial charge in [-0.25, -0.2) is 0 Å². The summed E-state index contributed by atoms with van der Waals surface area (Å²) >= 11 is 0. The third-order valence-corrected chi connectivity index (χ3v) is 7.33. The lowest BCUT2D eigenvalue weighted by atomic mass is 10.3. The zero-order chi connectivity index (χ0) is 21.0. The first-order valence-electron chi connectivity index (χ1n) is 10.4. The van der Waals surface area contributed by atoms with Gasteiger partial charge in [0.25, 0.3) is 5.69 Å². The summed E-state index contributed by atoms with van der Waals surface area (Å²) in [5.74, 6) is 0. The Balaban J connectivity index is 2.06. The van der Waals surface area contributed by atoms with Crippen molar-refractivity contribution in [1.82, 2.24) is 20.9 Å². The highest BCUT2D eigenvalue weighted by Gasteiger charge is 2.29. The molecule has 1 aromatic carbocycles. The van der Waals surface area contributed by atoms with Gasteiger partial charge in [0.15, 0.2) is 0 Å². The molecule has 1 saturated heterocycles. The Morgan fingerprint density at radius 3 is 2.24 bits per heavy atom. The van der Waals surface area contributed by atoms with Gasteiger partial charge in [0.05, 0.1) is 17.8 Å². The Morgan fingerprint density at radius 1 is 1.00 bits per heavy atom. The lowest BCUT2D eigenvalue weighted by Gasteiger charge is -2.28. The van der Waals surface area contributed by atoms with Crippen LogP contribution in [-0.4, -0.2) is 75.1 Å². The van der Waals surface area contributed by atoms with Crippen LogP contribution < -0.4 is 21.3 Å². The lowest BCUT2D eigenvalue weighted by molar-refractivity contribution is -0.384. The van der Waals surface area contributed by atoms with Gasteiger partial charge in [-0.15, -0.1) is 0 Å². The van der Waals surface area contributed by atoms with Gasteiger partial charge in [0, 0.05) is 43.6 Å². The standard InChI is InChI=1S/C19H34N5O4P/c1-2-28-29(27,19-7-5-18(6-8-19)24(25)26)17-23-15-4-11-21-13-12-20-9-3-10-22-14-16-23/h5-8,20-22H,2-4,9-17H2,1H3. The molecule has 1 fully saturated rings. The fraction of sp³-hybridized carbons (Fsp3) is 0.684. The number of nitro groups is 1. The fourth-order valence-electron chi connectivity index (χ4n) is 3.28. The van der Waals surface area contributed by atoms with Crippen molar-refractivity contribution in [3.8, 4) is 0 Å². The maximum absolute atomic E-state index is 13.7. The number of nitrogens with zero attached hydrogens (tertiary/aromatic N) is 2. The van der Waals surface area contributed by atoms with E-state index in [0.29, 0.717) is 18.2 Å². The predicted molar refractivity (Wildman–Crippen MR) is 116 cm³/mol. The average molecular weight is 427 g/mol. The monoisotopic (exact) mass is 427 g/mol. The number of hydrogen-bond donors (Lipinski definition) is 3. The van der Waals surface area contributed by atoms with Crippen LogP contribution >= 0.6 is 7.37 Å². The minimum absolute atomic E-state index is 0.0140. The Morgan fingerprint density at radius 2 is 1.62 bits per heavy atom. The first kappa shape index (κ1) is 23.9. The van der Waals surface area contributed by atoms with Crippen LogP contribution in [0.3, 0.4) is 0 Å². The Bertz CT molecular complexity index is 645. The van der Waals surface area contributed by atoms with Crippen LogP contribution in [0.15, 0.2) is 24.3 Å². The second-order valence-electron chi connectivity index (χ2n) is 7.08. The second-order valence-corrected chi connectivity index (χ2v) is 9.49. The first-order valence-corrected chi connectivity index (χ1v) is 12.2. The van der Waals surface area contributed by atoms with Crippen molar-refractivity contribution in [2.24, 2.45) is 0 Å². The quantitative estimate of drug-likeness (QED) is 0.355. The summed E-state index contributed by atoms with van der Waals surface area (Å²) in [7, 11) is -3.14. The number of non-ortho nitro benzene ring substituents is 1. The van der Waals surface area contributed by atoms with Crippen LogP contribution in [0, 0.1) is 10.1 Å². The largest absolute Gasteiger partial charge is 0.325 e. The summed E-state index contributed by atoms with van der Waals surface area (Å²) in [6.07, 6.45) is 2.33. The van der Waals surface area contributed by atoms with Gasteiger partial charge < -0.3 is 20.5 Å². The molecule has 0 amide bonds. The van der Waals surface area contributed by atoms with Crippen LogP contribution in [0.4, 0.5) is 5.69 Å². The number of rotatable bonds is 6. The van der Waals surface area contributed by atoms with Crippen molar-refractivity contribution < 1.29 is 14.0 Å². The van der Waals surface area contributed by atoms with Crippen LogP contribution in [0.5, 0.6) is 0 Å². The average Bonchev–Trinajstić information content (AvgIpc) is 2.71. The number of nitro benzene ring substituents is 1. The minimum Gasteiger partial charge on any atom is -0.325 e. The molecule has 3 N–H and O–H groups in total. The summed E-state index contributed by atoms with van der Waals surface area (Å²) in [6.45, 7) is 9.30. The Labute approximate surface area is 173 Å². The first-order chi connectivity index (χ1) is 14.0. The van der Waals surface area contributed by atoms with Crippen molar-refractivity contribution in [2.75, 3.05) is 65.3 Å². The third kappa shape index (κ3) is 8.50. The van der Waals surface area contributed by atoms with E-state index in [1.165, 1.54) is 12.1 Å². The molecule has 0 aromatic heterocycles. The highest BCUT2D eigenvalue weighted by atomic mass is 31.2. The third-order valence-electron chi connectivity index (χ3n) is 4.80. The van der Waals surface area contributed by atoms with E-state index in [9.17, 15) is 14.7 Å². The van der Waals surface area contributed by atoms with E-state index >= 15 is 0 Å². The van der Waals surface area contributed by atoms with Gasteiger partial charge >= 0.3 is 0 Å². The van der Waals surface area contributed by atoms with E-state index in [2.05, 4.69) is 20.9 Å². The zero-order valence-corrected chi connectivity index (χ0v) is 18.2. The molecule has 1 atom stereocenters. The molecule has 29 heavy (non-hydrogen) atoms. The lowest BCUT2D eigenvalue weighted by Crippen LogP contribution is -2.38. The molecule has 1 unspecified atom stereocenters. The number of hydrogen-bond acceptors (Lipinski definition) is 8. The van der Waals surface area contributed by atoms with Gasteiger partial charge in [-0.1, -0.05) is 0 Å². The minimum atomic E-state index is -3.14. The molecule has 0 saturated carbocycles. The number of benzene rings is 1. The van der Waals surface area contributed by atoms with Gasteiger partial charge in [-0.3, -0.25) is 19.6 Å². The van der Waals surface area contributed by atoms with Gasteiger partial charge in [0.1, 0.15) is 0 Å². The highest BCUT2D eigenvalue weighted by molar-refractivity contribution is 7.66. The SMILES string of the molecule is CCOP(=O)(CN1CCCNCCNCCCNCC1)c1ccc([N+](=O)[O-])cc1. The fourth-order valence-corrected chi connectivity index (χ4v) is 5.50. The van der Waals surface area contributed by atoms with E-state index in [0.717, 1.165) is 65.2 Å². The molecule has 164 valence electrons. The van der Waals surface area contributed by atoms with E-state index in [1.807, 2.05) is 6.92 Å². The summed E-state index contributed by atoms with van der Waals surface area (Å²) in [6, 6.07) is 5.91. The number of nitrogens with one attached hydrogen (secondary N) is 3. The van der Waals surface area contributed by atoms with Crippen LogP contribution in [0.2, 0.25) is 0 Å². The smallest absolute Gasteiger partial charge is 0.269 e. The van der Waals surface area contributed by atoms with Crippen LogP contribution in [0.25, 0.3) is 0 Å². The van der Waals surface area contributed by atoms with E-state index in [4.69, 9.17) is 4.52 Å². The van der Waals surface area contributed by atoms with Gasteiger partial charge in [0.2, 0.25) is 7.37 Å². The van der Waals surface area contributed by atoms with Crippen molar-refractivity contribution in [2.45, 2.75) is 19.8 Å². The molecule has 2 rings (SSSR count). The summed E-state index contributed by atoms with van der Waals surface area (Å²) < 4.78 is 19.4. The predicted octanol–water partition coefficient (Wildman–Crippen LogP) is 1.36. The van der Waals surface area contributed by atoms with E-state index in [-0.39, 0.29) is 5.69 Å². The van der Waals surface area contributed by atoms with Crippen LogP contribution in [-0.2, 0) is 9.09 Å². The van der Waals surface area contributed by atoms with E-state index < -0.39 is 12.3 Å². The molecule has 1 aliphatic heterocycles. The van der Waals surface area contributed by atoms with Gasteiger partial charge in [-0.05, 0) is 58.1 Å². The summed E-state index contributed by atoms with van der Waals surface area (Å²) in [4.78, 5) is 12.6. The Kier molecular flexibility index (Phi) is 10.8. The molecule has 1 aliphatic rings. The Hall–Kier alpha value is -1.35. The van der Waals surface area contributed by atoms with Crippen molar-refractivity contribution in [1.29, 1.82) is 0 Å². The topological polar surface area (TPSA) is 109 Å². The van der Waals surface area contributed by atoms with Crippen molar-refractivity contribution in [3.63, 3.8) is 0 Å². The molecule has 0 aliphatic carbocycles. The van der Waals surface area contributed by atoms with Crippen molar-refractivity contribution >= 4 is 18.4 Å². The molecule has 0 spiro atoms. The second kappa shape index (κ2) is 13.1. The van der Waals surface area contributed by atoms with Crippen LogP contribution in [0.1, 0.15) is 19.8 Å². The summed E-state index contributed by atoms with van der Waals surface area (Å²) in [5, 5.41) is 21.7.